The summed E-state index contributed by atoms with van der Waals surface area (Å²) >= 11 is 1.62. The molecule has 1 atom stereocenters. The Labute approximate surface area is 134 Å². The van der Waals surface area contributed by atoms with Crippen molar-refractivity contribution in [2.75, 3.05) is 0 Å². The molecule has 3 aromatic rings. The standard InChI is InChI=1S/C17H17NO2S2/c1-12-7-9-15(10-8-12)22(19,20)18-13(2)17-11-14-5-3-4-6-16(14)21-17/h3-11,13,18H,1-2H3/t13-/m0/s1. The van der Waals surface area contributed by atoms with Crippen LogP contribution in [-0.2, 0) is 10.0 Å². The maximum Gasteiger partial charge on any atom is 0.241 e. The van der Waals surface area contributed by atoms with Crippen LogP contribution in [0.2, 0.25) is 0 Å². The maximum absolute atomic E-state index is 12.4. The summed E-state index contributed by atoms with van der Waals surface area (Å²) in [6.45, 7) is 3.81. The summed E-state index contributed by atoms with van der Waals surface area (Å²) in [6.07, 6.45) is 0. The van der Waals surface area contributed by atoms with Crippen molar-refractivity contribution < 1.29 is 8.42 Å². The van der Waals surface area contributed by atoms with Crippen LogP contribution in [0.15, 0.2) is 59.5 Å². The molecule has 1 aromatic heterocycles. The largest absolute Gasteiger partial charge is 0.241 e. The summed E-state index contributed by atoms with van der Waals surface area (Å²) in [5, 5.41) is 1.14. The molecule has 0 amide bonds. The molecule has 0 saturated carbocycles. The second kappa shape index (κ2) is 5.83. The van der Waals surface area contributed by atoms with Crippen LogP contribution >= 0.6 is 11.3 Å². The first-order valence-corrected chi connectivity index (χ1v) is 9.33. The van der Waals surface area contributed by atoms with Gasteiger partial charge >= 0.3 is 0 Å². The molecule has 3 rings (SSSR count). The molecule has 3 nitrogen and oxygen atoms in total. The van der Waals surface area contributed by atoms with Gasteiger partial charge in [-0.3, -0.25) is 0 Å². The molecule has 22 heavy (non-hydrogen) atoms. The van der Waals surface area contributed by atoms with E-state index in [-0.39, 0.29) is 6.04 Å². The van der Waals surface area contributed by atoms with Crippen LogP contribution in [0.25, 0.3) is 10.1 Å². The Balaban J connectivity index is 1.86. The van der Waals surface area contributed by atoms with Crippen molar-refractivity contribution >= 4 is 31.4 Å². The Morgan fingerprint density at radius 2 is 1.73 bits per heavy atom. The highest BCUT2D eigenvalue weighted by molar-refractivity contribution is 7.89. The van der Waals surface area contributed by atoms with E-state index < -0.39 is 10.0 Å². The molecule has 0 unspecified atom stereocenters. The minimum Gasteiger partial charge on any atom is -0.207 e. The third kappa shape index (κ3) is 3.06. The lowest BCUT2D eigenvalue weighted by Gasteiger charge is -2.12. The molecule has 1 N–H and O–H groups in total. The highest BCUT2D eigenvalue weighted by Crippen LogP contribution is 2.30. The Bertz CT molecular complexity index is 863. The van der Waals surface area contributed by atoms with Gasteiger partial charge in [0, 0.05) is 9.58 Å². The second-order valence-corrected chi connectivity index (χ2v) is 8.17. The zero-order chi connectivity index (χ0) is 15.7. The van der Waals surface area contributed by atoms with E-state index in [4.69, 9.17) is 0 Å². The fraction of sp³-hybridized carbons (Fsp3) is 0.176. The Morgan fingerprint density at radius 3 is 2.41 bits per heavy atom. The van der Waals surface area contributed by atoms with Crippen LogP contribution in [0, 0.1) is 6.92 Å². The highest BCUT2D eigenvalue weighted by atomic mass is 32.2. The first-order valence-electron chi connectivity index (χ1n) is 7.03. The molecule has 0 aliphatic rings. The third-order valence-corrected chi connectivity index (χ3v) is 6.39. The molecule has 114 valence electrons. The number of hydrogen-bond donors (Lipinski definition) is 1. The summed E-state index contributed by atoms with van der Waals surface area (Å²) in [5.74, 6) is 0. The molecule has 2 aromatic carbocycles. The smallest absolute Gasteiger partial charge is 0.207 e. The molecular formula is C17H17NO2S2. The number of nitrogens with one attached hydrogen (secondary N) is 1. The van der Waals surface area contributed by atoms with E-state index in [1.165, 1.54) is 4.70 Å². The molecule has 0 fully saturated rings. The van der Waals surface area contributed by atoms with Crippen molar-refractivity contribution in [1.29, 1.82) is 0 Å². The average molecular weight is 331 g/mol. The summed E-state index contributed by atoms with van der Waals surface area (Å²) < 4.78 is 28.8. The van der Waals surface area contributed by atoms with E-state index in [1.54, 1.807) is 35.6 Å². The molecule has 5 heteroatoms. The summed E-state index contributed by atoms with van der Waals surface area (Å²) in [4.78, 5) is 1.31. The van der Waals surface area contributed by atoms with Crippen LogP contribution < -0.4 is 4.72 Å². The number of sulfonamides is 1. The van der Waals surface area contributed by atoms with Gasteiger partial charge in [-0.05, 0) is 43.5 Å². The Morgan fingerprint density at radius 1 is 1.05 bits per heavy atom. The highest BCUT2D eigenvalue weighted by Gasteiger charge is 2.19. The maximum atomic E-state index is 12.4. The van der Waals surface area contributed by atoms with E-state index in [0.717, 1.165) is 15.8 Å². The van der Waals surface area contributed by atoms with Gasteiger partial charge in [0.1, 0.15) is 0 Å². The van der Waals surface area contributed by atoms with Crippen LogP contribution in [-0.4, -0.2) is 8.42 Å². The third-order valence-electron chi connectivity index (χ3n) is 3.53. The van der Waals surface area contributed by atoms with Gasteiger partial charge in [-0.15, -0.1) is 11.3 Å². The van der Waals surface area contributed by atoms with Gasteiger partial charge in [0.15, 0.2) is 0 Å². The van der Waals surface area contributed by atoms with Gasteiger partial charge in [0.25, 0.3) is 0 Å². The molecular weight excluding hydrogens is 314 g/mol. The number of benzene rings is 2. The predicted octanol–water partition coefficient (Wildman–Crippen LogP) is 4.25. The molecule has 1 heterocycles. The molecule has 0 spiro atoms. The fourth-order valence-corrected chi connectivity index (χ4v) is 4.66. The van der Waals surface area contributed by atoms with E-state index in [1.807, 2.05) is 44.2 Å². The van der Waals surface area contributed by atoms with Gasteiger partial charge in [-0.1, -0.05) is 35.9 Å². The van der Waals surface area contributed by atoms with Crippen LogP contribution in [0.5, 0.6) is 0 Å². The monoisotopic (exact) mass is 331 g/mol. The van der Waals surface area contributed by atoms with E-state index in [9.17, 15) is 8.42 Å². The fourth-order valence-electron chi connectivity index (χ4n) is 2.29. The van der Waals surface area contributed by atoms with Crippen LogP contribution in [0.1, 0.15) is 23.4 Å². The first kappa shape index (κ1) is 15.2. The van der Waals surface area contributed by atoms with Gasteiger partial charge in [0.2, 0.25) is 10.0 Å². The van der Waals surface area contributed by atoms with Crippen molar-refractivity contribution in [2.24, 2.45) is 0 Å². The molecule has 0 saturated heterocycles. The van der Waals surface area contributed by atoms with Crippen LogP contribution in [0.3, 0.4) is 0 Å². The SMILES string of the molecule is Cc1ccc(S(=O)(=O)N[C@@H](C)c2cc3ccccc3s2)cc1. The second-order valence-electron chi connectivity index (χ2n) is 5.34. The summed E-state index contributed by atoms with van der Waals surface area (Å²) in [6, 6.07) is 16.7. The lowest BCUT2D eigenvalue weighted by atomic mass is 10.2. The van der Waals surface area contributed by atoms with E-state index in [0.29, 0.717) is 4.90 Å². The minimum absolute atomic E-state index is 0.260. The minimum atomic E-state index is -3.51. The summed E-state index contributed by atoms with van der Waals surface area (Å²) in [7, 11) is -3.51. The summed E-state index contributed by atoms with van der Waals surface area (Å²) in [5.41, 5.74) is 1.04. The first-order chi connectivity index (χ1) is 10.5. The van der Waals surface area contributed by atoms with Gasteiger partial charge < -0.3 is 0 Å². The van der Waals surface area contributed by atoms with E-state index in [2.05, 4.69) is 4.72 Å². The lowest BCUT2D eigenvalue weighted by molar-refractivity contribution is 0.568. The predicted molar refractivity (Wildman–Crippen MR) is 91.7 cm³/mol. The Kier molecular flexibility index (Phi) is 4.04. The Hall–Kier alpha value is -1.69. The normalized spacial score (nSPS) is 13.4. The van der Waals surface area contributed by atoms with Gasteiger partial charge in [-0.25, -0.2) is 13.1 Å². The average Bonchev–Trinajstić information content (AvgIpc) is 2.91. The molecule has 0 bridgehead atoms. The molecule has 0 aliphatic heterocycles. The number of hydrogen-bond acceptors (Lipinski definition) is 3. The van der Waals surface area contributed by atoms with Crippen molar-refractivity contribution in [3.63, 3.8) is 0 Å². The lowest BCUT2D eigenvalue weighted by Crippen LogP contribution is -2.26. The molecule has 0 aliphatic carbocycles. The van der Waals surface area contributed by atoms with E-state index >= 15 is 0 Å². The van der Waals surface area contributed by atoms with Crippen molar-refractivity contribution in [1.82, 2.24) is 4.72 Å². The quantitative estimate of drug-likeness (QED) is 0.777. The zero-order valence-electron chi connectivity index (χ0n) is 12.4. The topological polar surface area (TPSA) is 46.2 Å². The van der Waals surface area contributed by atoms with Gasteiger partial charge in [-0.2, -0.15) is 0 Å². The number of fused-ring (bicyclic) bond motifs is 1. The number of rotatable bonds is 4. The number of thiophene rings is 1. The van der Waals surface area contributed by atoms with Crippen molar-refractivity contribution in [3.05, 3.63) is 65.0 Å². The zero-order valence-corrected chi connectivity index (χ0v) is 14.0. The van der Waals surface area contributed by atoms with Crippen molar-refractivity contribution in [2.45, 2.75) is 24.8 Å². The van der Waals surface area contributed by atoms with Gasteiger partial charge in [0.05, 0.1) is 10.9 Å². The van der Waals surface area contributed by atoms with Crippen molar-refractivity contribution in [3.8, 4) is 0 Å². The molecule has 0 radical (unpaired) electrons. The van der Waals surface area contributed by atoms with Crippen LogP contribution in [0.4, 0.5) is 0 Å². The number of aryl methyl sites for hydroxylation is 1.